The van der Waals surface area contributed by atoms with Crippen LogP contribution in [0.5, 0.6) is 0 Å². The second-order valence-electron chi connectivity index (χ2n) is 13.2. The summed E-state index contributed by atoms with van der Waals surface area (Å²) in [5.74, 6) is -2.65. The molecule has 13 heteroatoms. The number of rotatable bonds is 36. The van der Waals surface area contributed by atoms with Gasteiger partial charge in [0.2, 0.25) is 0 Å². The number of allylic oxidation sites excluding steroid dienone is 15. The van der Waals surface area contributed by atoms with Crippen molar-refractivity contribution in [2.75, 3.05) is 19.8 Å². The number of aliphatic hydroxyl groups excluding tert-OH is 1. The highest BCUT2D eigenvalue weighted by Gasteiger charge is 2.28. The van der Waals surface area contributed by atoms with E-state index in [0.717, 1.165) is 77.0 Å². The van der Waals surface area contributed by atoms with E-state index in [-0.39, 0.29) is 12.8 Å². The minimum Gasteiger partial charge on any atom is -0.480 e. The fourth-order valence-electron chi connectivity index (χ4n) is 4.75. The molecule has 5 N–H and O–H groups in total. The van der Waals surface area contributed by atoms with Gasteiger partial charge in [-0.25, -0.2) is 4.57 Å². The smallest absolute Gasteiger partial charge is 0.472 e. The van der Waals surface area contributed by atoms with Crippen LogP contribution in [0.2, 0.25) is 0 Å². The van der Waals surface area contributed by atoms with Gasteiger partial charge in [-0.1, -0.05) is 130 Å². The Balaban J connectivity index is 4.65. The van der Waals surface area contributed by atoms with E-state index >= 15 is 0 Å². The fourth-order valence-corrected chi connectivity index (χ4v) is 5.53. The molecule has 57 heavy (non-hydrogen) atoms. The molecule has 322 valence electrons. The largest absolute Gasteiger partial charge is 0.480 e. The zero-order valence-corrected chi connectivity index (χ0v) is 35.1. The standard InChI is InChI=1S/C44H70NO11P/c1-3-5-7-9-11-13-15-17-18-20-22-24-26-28-30-34-43(48)56-40(37-54-57(51,52)55-38-41(45)44(49)50)36-53-42(47)35-31-33-39(46)32-29-27-25-23-21-19-16-14-12-10-8-6-4-2/h5-8,11-14,17-19,21,25,27,29,32,39-41,46H,3-4,9-10,15-16,20,22-24,26,28,30-31,33-38,45H2,1-2H3,(H,49,50)(H,51,52)/b7-5-,8-6-,13-11-,14-12-,18-17-,21-19-,27-25-,32-29+/t39?,40-,41+/m1/s1. The number of carbonyl (C=O) groups excluding carboxylic acids is 2. The average molecular weight is 820 g/mol. The number of unbranched alkanes of at least 4 members (excludes halogenated alkanes) is 5. The number of hydrogen-bond donors (Lipinski definition) is 4. The zero-order valence-electron chi connectivity index (χ0n) is 34.2. The second kappa shape index (κ2) is 37.9. The first-order valence-electron chi connectivity index (χ1n) is 20.4. The summed E-state index contributed by atoms with van der Waals surface area (Å²) < 4.78 is 32.5. The first kappa shape index (κ1) is 53.4. The highest BCUT2D eigenvalue weighted by Crippen LogP contribution is 2.43. The maximum Gasteiger partial charge on any atom is 0.472 e. The third-order valence-electron chi connectivity index (χ3n) is 7.93. The lowest BCUT2D eigenvalue weighted by atomic mass is 10.1. The molecule has 0 aliphatic carbocycles. The molecule has 2 unspecified atom stereocenters. The molecule has 0 bridgehead atoms. The van der Waals surface area contributed by atoms with Gasteiger partial charge < -0.3 is 30.3 Å². The number of aliphatic carboxylic acids is 1. The molecule has 0 saturated heterocycles. The van der Waals surface area contributed by atoms with E-state index in [1.807, 2.05) is 12.2 Å². The van der Waals surface area contributed by atoms with Crippen molar-refractivity contribution in [3.05, 3.63) is 97.2 Å². The summed E-state index contributed by atoms with van der Waals surface area (Å²) in [4.78, 5) is 45.9. The zero-order chi connectivity index (χ0) is 42.2. The Hall–Kier alpha value is -3.64. The van der Waals surface area contributed by atoms with Crippen LogP contribution >= 0.6 is 7.82 Å². The number of hydrogen-bond acceptors (Lipinski definition) is 10. The van der Waals surface area contributed by atoms with E-state index in [0.29, 0.717) is 19.3 Å². The minimum absolute atomic E-state index is 0.0190. The SMILES string of the molecule is CC/C=C\C/C=C\C/C=C\C/C=C\C=C\C(O)CCCC(=O)OC[C@H](COP(=O)(O)OC[C@H](N)C(=O)O)OC(=O)CCCCCCC/C=C\C/C=C\C/C=C\CC. The number of nitrogens with two attached hydrogens (primary N) is 1. The Morgan fingerprint density at radius 2 is 1.14 bits per heavy atom. The maximum atomic E-state index is 12.6. The van der Waals surface area contributed by atoms with Gasteiger partial charge >= 0.3 is 25.7 Å². The van der Waals surface area contributed by atoms with Crippen LogP contribution in [-0.2, 0) is 37.5 Å². The Morgan fingerprint density at radius 1 is 0.632 bits per heavy atom. The van der Waals surface area contributed by atoms with E-state index < -0.39 is 63.8 Å². The van der Waals surface area contributed by atoms with E-state index in [4.69, 9.17) is 24.8 Å². The molecule has 12 nitrogen and oxygen atoms in total. The number of ether oxygens (including phenoxy) is 2. The maximum absolute atomic E-state index is 12.6. The van der Waals surface area contributed by atoms with Crippen molar-refractivity contribution >= 4 is 25.7 Å². The molecule has 0 fully saturated rings. The molecule has 0 saturated carbocycles. The fraction of sp³-hybridized carbons (Fsp3) is 0.568. The van der Waals surface area contributed by atoms with Crippen LogP contribution in [0.25, 0.3) is 0 Å². The van der Waals surface area contributed by atoms with Crippen molar-refractivity contribution in [2.45, 2.75) is 141 Å². The van der Waals surface area contributed by atoms with Gasteiger partial charge in [-0.15, -0.1) is 0 Å². The highest BCUT2D eigenvalue weighted by molar-refractivity contribution is 7.47. The molecule has 0 spiro atoms. The molecule has 0 rings (SSSR count). The van der Waals surface area contributed by atoms with Gasteiger partial charge in [0.05, 0.1) is 19.3 Å². The second-order valence-corrected chi connectivity index (χ2v) is 14.7. The summed E-state index contributed by atoms with van der Waals surface area (Å²) in [6.45, 7) is 2.32. The molecule has 0 aromatic carbocycles. The van der Waals surface area contributed by atoms with E-state index in [2.05, 4.69) is 91.3 Å². The summed E-state index contributed by atoms with van der Waals surface area (Å²) in [5.41, 5.74) is 5.31. The minimum atomic E-state index is -4.77. The van der Waals surface area contributed by atoms with Gasteiger partial charge in [0.1, 0.15) is 12.6 Å². The Bertz CT molecular complexity index is 1350. The quantitative estimate of drug-likeness (QED) is 0.0154. The van der Waals surface area contributed by atoms with Gasteiger partial charge in [0, 0.05) is 12.8 Å². The van der Waals surface area contributed by atoms with Crippen molar-refractivity contribution in [2.24, 2.45) is 5.73 Å². The van der Waals surface area contributed by atoms with Gasteiger partial charge in [0.25, 0.3) is 0 Å². The molecular formula is C44H70NO11P. The third-order valence-corrected chi connectivity index (χ3v) is 8.88. The number of phosphoric acid groups is 1. The number of aliphatic hydroxyl groups is 1. The summed E-state index contributed by atoms with van der Waals surface area (Å²) in [6.07, 6.45) is 43.7. The van der Waals surface area contributed by atoms with E-state index in [1.165, 1.54) is 0 Å². The number of carboxylic acids is 1. The Kier molecular flexibility index (Phi) is 35.5. The molecule has 0 aliphatic rings. The van der Waals surface area contributed by atoms with Crippen LogP contribution in [0.4, 0.5) is 0 Å². The third kappa shape index (κ3) is 37.7. The van der Waals surface area contributed by atoms with Gasteiger partial charge in [-0.2, -0.15) is 0 Å². The van der Waals surface area contributed by atoms with E-state index in [9.17, 15) is 28.9 Å². The lowest BCUT2D eigenvalue weighted by molar-refractivity contribution is -0.161. The number of carboxylic acid groups (broad SMARTS) is 1. The highest BCUT2D eigenvalue weighted by atomic mass is 31.2. The van der Waals surface area contributed by atoms with Crippen LogP contribution in [0.15, 0.2) is 97.2 Å². The number of phosphoric ester groups is 1. The molecule has 0 aromatic rings. The molecule has 4 atom stereocenters. The van der Waals surface area contributed by atoms with Gasteiger partial charge in [0.15, 0.2) is 6.10 Å². The van der Waals surface area contributed by atoms with Crippen molar-refractivity contribution in [1.29, 1.82) is 0 Å². The van der Waals surface area contributed by atoms with Crippen LogP contribution in [-0.4, -0.2) is 71.1 Å². The summed E-state index contributed by atoms with van der Waals surface area (Å²) in [7, 11) is -4.77. The van der Waals surface area contributed by atoms with Crippen molar-refractivity contribution in [1.82, 2.24) is 0 Å². The Morgan fingerprint density at radius 3 is 1.74 bits per heavy atom. The molecular weight excluding hydrogens is 749 g/mol. The molecule has 0 heterocycles. The monoisotopic (exact) mass is 819 g/mol. The average Bonchev–Trinajstić information content (AvgIpc) is 3.18. The number of esters is 2. The summed E-state index contributed by atoms with van der Waals surface area (Å²) in [6, 6.07) is -1.56. The van der Waals surface area contributed by atoms with Crippen molar-refractivity contribution < 1.29 is 52.6 Å². The molecule has 0 amide bonds. The van der Waals surface area contributed by atoms with Crippen LogP contribution in [0.1, 0.15) is 123 Å². The van der Waals surface area contributed by atoms with Crippen LogP contribution in [0.3, 0.4) is 0 Å². The van der Waals surface area contributed by atoms with Crippen LogP contribution in [0, 0.1) is 0 Å². The summed E-state index contributed by atoms with van der Waals surface area (Å²) >= 11 is 0. The Labute approximate surface area is 341 Å². The predicted octanol–water partition coefficient (Wildman–Crippen LogP) is 9.47. The van der Waals surface area contributed by atoms with Crippen molar-refractivity contribution in [3.63, 3.8) is 0 Å². The topological polar surface area (TPSA) is 192 Å². The molecule has 0 radical (unpaired) electrons. The lowest BCUT2D eigenvalue weighted by Gasteiger charge is -2.20. The molecule has 0 aromatic heterocycles. The predicted molar refractivity (Wildman–Crippen MR) is 227 cm³/mol. The first-order chi connectivity index (χ1) is 27.5. The normalized spacial score (nSPS) is 15.3. The lowest BCUT2D eigenvalue weighted by Crippen LogP contribution is -2.34. The number of carbonyl (C=O) groups is 3. The van der Waals surface area contributed by atoms with Crippen LogP contribution < -0.4 is 5.73 Å². The van der Waals surface area contributed by atoms with E-state index in [1.54, 1.807) is 12.2 Å². The van der Waals surface area contributed by atoms with Gasteiger partial charge in [-0.05, 0) is 77.0 Å². The van der Waals surface area contributed by atoms with Gasteiger partial charge in [-0.3, -0.25) is 23.4 Å². The summed E-state index contributed by atoms with van der Waals surface area (Å²) in [5, 5.41) is 19.1. The van der Waals surface area contributed by atoms with Crippen molar-refractivity contribution in [3.8, 4) is 0 Å². The first-order valence-corrected chi connectivity index (χ1v) is 21.9. The molecule has 0 aliphatic heterocycles.